The van der Waals surface area contributed by atoms with Crippen LogP contribution in [-0.4, -0.2) is 31.0 Å². The molecule has 0 fully saturated rings. The Hall–Kier alpha value is -3.55. The second-order valence-electron chi connectivity index (χ2n) is 5.48. The van der Waals surface area contributed by atoms with Crippen molar-refractivity contribution in [3.8, 4) is 11.4 Å². The fourth-order valence-electron chi connectivity index (χ4n) is 2.47. The van der Waals surface area contributed by atoms with Crippen LogP contribution in [0.2, 0.25) is 0 Å². The standard InChI is InChI=1S/C17H14N6O2/c1-23-14-8-7-12(9-13(14)20-22-23)16-19-15(25-21-16)10-18-17(24)11-5-3-2-4-6-11/h2-9H,10H2,1H3,(H,18,24). The second kappa shape index (κ2) is 6.16. The van der Waals surface area contributed by atoms with E-state index in [4.69, 9.17) is 4.52 Å². The number of aryl methyl sites for hydroxylation is 1. The topological polar surface area (TPSA) is 98.7 Å². The van der Waals surface area contributed by atoms with Crippen molar-refractivity contribution in [1.29, 1.82) is 0 Å². The molecule has 4 aromatic rings. The van der Waals surface area contributed by atoms with Gasteiger partial charge in [0.05, 0.1) is 12.1 Å². The van der Waals surface area contributed by atoms with E-state index < -0.39 is 0 Å². The molecule has 8 nitrogen and oxygen atoms in total. The summed E-state index contributed by atoms with van der Waals surface area (Å²) in [6.45, 7) is 0.161. The summed E-state index contributed by atoms with van der Waals surface area (Å²) in [5, 5.41) is 14.8. The zero-order valence-corrected chi connectivity index (χ0v) is 13.4. The lowest BCUT2D eigenvalue weighted by molar-refractivity contribution is 0.0946. The minimum absolute atomic E-state index is 0.161. The van der Waals surface area contributed by atoms with Crippen LogP contribution < -0.4 is 5.32 Å². The van der Waals surface area contributed by atoms with Gasteiger partial charge in [0.25, 0.3) is 5.91 Å². The van der Waals surface area contributed by atoms with Gasteiger partial charge in [-0.2, -0.15) is 4.98 Å². The van der Waals surface area contributed by atoms with Crippen molar-refractivity contribution < 1.29 is 9.32 Å². The van der Waals surface area contributed by atoms with Crippen LogP contribution in [0, 0.1) is 0 Å². The number of hydrogen-bond acceptors (Lipinski definition) is 6. The molecule has 4 rings (SSSR count). The first kappa shape index (κ1) is 15.0. The van der Waals surface area contributed by atoms with Crippen LogP contribution in [0.1, 0.15) is 16.2 Å². The summed E-state index contributed by atoms with van der Waals surface area (Å²) in [4.78, 5) is 16.3. The van der Waals surface area contributed by atoms with Crippen LogP contribution in [0.3, 0.4) is 0 Å². The van der Waals surface area contributed by atoms with Gasteiger partial charge in [-0.3, -0.25) is 4.79 Å². The Morgan fingerprint density at radius 2 is 2.04 bits per heavy atom. The summed E-state index contributed by atoms with van der Waals surface area (Å²) < 4.78 is 6.90. The maximum Gasteiger partial charge on any atom is 0.251 e. The van der Waals surface area contributed by atoms with Gasteiger partial charge in [0.2, 0.25) is 11.7 Å². The highest BCUT2D eigenvalue weighted by Gasteiger charge is 2.12. The van der Waals surface area contributed by atoms with Crippen molar-refractivity contribution in [2.75, 3.05) is 0 Å². The molecular formula is C17H14N6O2. The Balaban J connectivity index is 1.48. The van der Waals surface area contributed by atoms with Crippen molar-refractivity contribution in [2.45, 2.75) is 6.54 Å². The average molecular weight is 334 g/mol. The summed E-state index contributed by atoms with van der Waals surface area (Å²) in [6.07, 6.45) is 0. The number of carbonyl (C=O) groups is 1. The highest BCUT2D eigenvalue weighted by Crippen LogP contribution is 2.20. The summed E-state index contributed by atoms with van der Waals surface area (Å²) >= 11 is 0. The monoisotopic (exact) mass is 334 g/mol. The fourth-order valence-corrected chi connectivity index (χ4v) is 2.47. The molecule has 0 spiro atoms. The minimum atomic E-state index is -0.193. The third-order valence-corrected chi connectivity index (χ3v) is 3.77. The fraction of sp³-hybridized carbons (Fsp3) is 0.118. The van der Waals surface area contributed by atoms with E-state index in [0.717, 1.165) is 16.6 Å². The Labute approximate surface area is 142 Å². The van der Waals surface area contributed by atoms with Crippen molar-refractivity contribution in [3.63, 3.8) is 0 Å². The van der Waals surface area contributed by atoms with Crippen LogP contribution in [0.25, 0.3) is 22.4 Å². The van der Waals surface area contributed by atoms with Crippen LogP contribution in [-0.2, 0) is 13.6 Å². The highest BCUT2D eigenvalue weighted by atomic mass is 16.5. The number of rotatable bonds is 4. The zero-order valence-electron chi connectivity index (χ0n) is 13.4. The first-order valence-electron chi connectivity index (χ1n) is 7.66. The average Bonchev–Trinajstić information content (AvgIpc) is 3.27. The molecule has 1 amide bonds. The normalized spacial score (nSPS) is 10.9. The summed E-state index contributed by atoms with van der Waals surface area (Å²) in [5.41, 5.74) is 3.03. The molecule has 0 radical (unpaired) electrons. The van der Waals surface area contributed by atoms with E-state index in [-0.39, 0.29) is 12.5 Å². The molecule has 124 valence electrons. The summed E-state index contributed by atoms with van der Waals surface area (Å²) in [7, 11) is 1.83. The summed E-state index contributed by atoms with van der Waals surface area (Å²) in [5.74, 6) is 0.580. The molecule has 2 aromatic carbocycles. The van der Waals surface area contributed by atoms with Gasteiger partial charge < -0.3 is 9.84 Å². The number of carbonyl (C=O) groups excluding carboxylic acids is 1. The predicted octanol–water partition coefficient (Wildman–Crippen LogP) is 1.95. The van der Waals surface area contributed by atoms with Gasteiger partial charge in [0.1, 0.15) is 5.52 Å². The van der Waals surface area contributed by atoms with Crippen molar-refractivity contribution in [2.24, 2.45) is 7.05 Å². The van der Waals surface area contributed by atoms with Crippen molar-refractivity contribution in [3.05, 3.63) is 60.0 Å². The molecular weight excluding hydrogens is 320 g/mol. The van der Waals surface area contributed by atoms with Gasteiger partial charge in [0.15, 0.2) is 0 Å². The van der Waals surface area contributed by atoms with Crippen molar-refractivity contribution in [1.82, 2.24) is 30.5 Å². The van der Waals surface area contributed by atoms with Crippen LogP contribution in [0.4, 0.5) is 0 Å². The van der Waals surface area contributed by atoms with Crippen LogP contribution >= 0.6 is 0 Å². The molecule has 0 aliphatic carbocycles. The highest BCUT2D eigenvalue weighted by molar-refractivity contribution is 5.94. The first-order chi connectivity index (χ1) is 12.2. The predicted molar refractivity (Wildman–Crippen MR) is 89.4 cm³/mol. The number of amides is 1. The molecule has 1 N–H and O–H groups in total. The van der Waals surface area contributed by atoms with Gasteiger partial charge >= 0.3 is 0 Å². The van der Waals surface area contributed by atoms with E-state index in [1.807, 2.05) is 43.4 Å². The molecule has 0 saturated heterocycles. The van der Waals surface area contributed by atoms with E-state index in [2.05, 4.69) is 25.8 Å². The number of benzene rings is 2. The molecule has 0 saturated carbocycles. The lowest BCUT2D eigenvalue weighted by Gasteiger charge is -2.01. The van der Waals surface area contributed by atoms with Crippen LogP contribution in [0.5, 0.6) is 0 Å². The lowest BCUT2D eigenvalue weighted by Crippen LogP contribution is -2.22. The Morgan fingerprint density at radius 3 is 2.88 bits per heavy atom. The molecule has 0 unspecified atom stereocenters. The maximum atomic E-state index is 12.0. The van der Waals surface area contributed by atoms with E-state index in [1.165, 1.54) is 0 Å². The van der Waals surface area contributed by atoms with Crippen molar-refractivity contribution >= 4 is 16.9 Å². The third kappa shape index (κ3) is 2.97. The Morgan fingerprint density at radius 1 is 1.20 bits per heavy atom. The molecule has 25 heavy (non-hydrogen) atoms. The van der Waals surface area contributed by atoms with Crippen LogP contribution in [0.15, 0.2) is 53.1 Å². The van der Waals surface area contributed by atoms with Gasteiger partial charge in [-0.15, -0.1) is 5.10 Å². The van der Waals surface area contributed by atoms with E-state index in [0.29, 0.717) is 17.3 Å². The molecule has 0 atom stereocenters. The SMILES string of the molecule is Cn1nnc2cc(-c3noc(CNC(=O)c4ccccc4)n3)ccc21. The smallest absolute Gasteiger partial charge is 0.251 e. The zero-order chi connectivity index (χ0) is 17.2. The van der Waals surface area contributed by atoms with E-state index in [9.17, 15) is 4.79 Å². The molecule has 0 aliphatic heterocycles. The third-order valence-electron chi connectivity index (χ3n) is 3.77. The van der Waals surface area contributed by atoms with Gasteiger partial charge in [-0.25, -0.2) is 4.68 Å². The largest absolute Gasteiger partial charge is 0.343 e. The Bertz CT molecular complexity index is 1040. The number of aromatic nitrogens is 5. The van der Waals surface area contributed by atoms with E-state index >= 15 is 0 Å². The summed E-state index contributed by atoms with van der Waals surface area (Å²) in [6, 6.07) is 14.6. The molecule has 2 aromatic heterocycles. The first-order valence-corrected chi connectivity index (χ1v) is 7.66. The van der Waals surface area contributed by atoms with Gasteiger partial charge in [-0.1, -0.05) is 28.6 Å². The molecule has 8 heteroatoms. The Kier molecular flexibility index (Phi) is 3.70. The molecule has 0 bridgehead atoms. The maximum absolute atomic E-state index is 12.0. The molecule has 0 aliphatic rings. The second-order valence-corrected chi connectivity index (χ2v) is 5.48. The number of nitrogens with one attached hydrogen (secondary N) is 1. The number of nitrogens with zero attached hydrogens (tertiary/aromatic N) is 5. The lowest BCUT2D eigenvalue weighted by atomic mass is 10.2. The van der Waals surface area contributed by atoms with Gasteiger partial charge in [-0.05, 0) is 30.3 Å². The number of hydrogen-bond donors (Lipinski definition) is 1. The minimum Gasteiger partial charge on any atom is -0.343 e. The molecule has 2 heterocycles. The quantitative estimate of drug-likeness (QED) is 0.612. The van der Waals surface area contributed by atoms with Gasteiger partial charge in [0, 0.05) is 18.2 Å². The van der Waals surface area contributed by atoms with E-state index in [1.54, 1.807) is 16.8 Å². The number of fused-ring (bicyclic) bond motifs is 1.